The van der Waals surface area contributed by atoms with Gasteiger partial charge in [0.1, 0.15) is 23.2 Å². The fourth-order valence-electron chi connectivity index (χ4n) is 3.91. The van der Waals surface area contributed by atoms with Gasteiger partial charge < -0.3 is 14.1 Å². The van der Waals surface area contributed by atoms with Gasteiger partial charge in [0, 0.05) is 17.3 Å². The van der Waals surface area contributed by atoms with Crippen molar-refractivity contribution in [1.29, 1.82) is 0 Å². The predicted octanol–water partition coefficient (Wildman–Crippen LogP) is 5.43. The Labute approximate surface area is 185 Å². The van der Waals surface area contributed by atoms with E-state index >= 15 is 0 Å². The maximum absolute atomic E-state index is 14.0. The van der Waals surface area contributed by atoms with E-state index in [2.05, 4.69) is 5.32 Å². The molecule has 0 spiro atoms. The Morgan fingerprint density at radius 1 is 1.09 bits per heavy atom. The third kappa shape index (κ3) is 5.42. The number of alkyl halides is 3. The van der Waals surface area contributed by atoms with Crippen molar-refractivity contribution in [3.8, 4) is 0 Å². The molecule has 2 atom stereocenters. The molecule has 0 saturated carbocycles. The van der Waals surface area contributed by atoms with Crippen molar-refractivity contribution in [2.75, 3.05) is 21.2 Å². The highest BCUT2D eigenvalue weighted by molar-refractivity contribution is 6.05. The minimum Gasteiger partial charge on any atom is -0.468 e. The highest BCUT2D eigenvalue weighted by Crippen LogP contribution is 2.37. The Hall–Kier alpha value is -2.58. The van der Waals surface area contributed by atoms with E-state index in [9.17, 15) is 18.0 Å². The van der Waals surface area contributed by atoms with E-state index in [4.69, 9.17) is 9.15 Å². The van der Waals surface area contributed by atoms with Crippen LogP contribution in [-0.4, -0.2) is 44.3 Å². The van der Waals surface area contributed by atoms with Gasteiger partial charge in [-0.3, -0.25) is 10.1 Å². The van der Waals surface area contributed by atoms with Crippen LogP contribution in [-0.2, 0) is 16.1 Å². The van der Waals surface area contributed by atoms with Gasteiger partial charge in [-0.05, 0) is 55.8 Å². The summed E-state index contributed by atoms with van der Waals surface area (Å²) in [5.41, 5.74) is 2.05. The molecule has 1 heterocycles. The lowest BCUT2D eigenvalue weighted by Crippen LogP contribution is -2.45. The number of carbonyl (C=O) groups excluding carboxylic acids is 1. The molecule has 0 aliphatic rings. The van der Waals surface area contributed by atoms with Gasteiger partial charge in [0.2, 0.25) is 0 Å². The van der Waals surface area contributed by atoms with Crippen molar-refractivity contribution in [2.24, 2.45) is 5.92 Å². The molecule has 0 aliphatic carbocycles. The minimum absolute atomic E-state index is 0.00898. The summed E-state index contributed by atoms with van der Waals surface area (Å²) in [5, 5.41) is 4.08. The van der Waals surface area contributed by atoms with Crippen molar-refractivity contribution in [3.63, 3.8) is 0 Å². The van der Waals surface area contributed by atoms with E-state index in [0.29, 0.717) is 11.2 Å². The SMILES string of the molecule is COC(=O)[C@H](CC(C)C)N[C@@H](c1ccc2c(c1)oc1ccc(CN(C)C)cc12)C(F)(F)F. The molecule has 8 heteroatoms. The molecule has 0 radical (unpaired) electrons. The number of fused-ring (bicyclic) bond motifs is 3. The number of esters is 1. The van der Waals surface area contributed by atoms with Crippen LogP contribution in [0.2, 0.25) is 0 Å². The van der Waals surface area contributed by atoms with Crippen LogP contribution in [0.1, 0.15) is 37.4 Å². The number of halogens is 3. The van der Waals surface area contributed by atoms with E-state index < -0.39 is 24.2 Å². The average molecular weight is 451 g/mol. The fraction of sp³-hybridized carbons (Fsp3) is 0.458. The molecule has 32 heavy (non-hydrogen) atoms. The van der Waals surface area contributed by atoms with E-state index in [0.717, 1.165) is 22.9 Å². The second-order valence-corrected chi connectivity index (χ2v) is 8.77. The summed E-state index contributed by atoms with van der Waals surface area (Å²) in [7, 11) is 5.11. The summed E-state index contributed by atoms with van der Waals surface area (Å²) in [6, 6.07) is 7.14. The summed E-state index contributed by atoms with van der Waals surface area (Å²) in [4.78, 5) is 14.1. The number of methoxy groups -OCH3 is 1. The Morgan fingerprint density at radius 2 is 1.81 bits per heavy atom. The molecule has 3 rings (SSSR count). The van der Waals surface area contributed by atoms with Crippen LogP contribution in [0.5, 0.6) is 0 Å². The lowest BCUT2D eigenvalue weighted by molar-refractivity contribution is -0.164. The van der Waals surface area contributed by atoms with Crippen molar-refractivity contribution >= 4 is 27.9 Å². The highest BCUT2D eigenvalue weighted by atomic mass is 19.4. The van der Waals surface area contributed by atoms with Gasteiger partial charge in [0.05, 0.1) is 7.11 Å². The first-order valence-electron chi connectivity index (χ1n) is 10.5. The van der Waals surface area contributed by atoms with Crippen LogP contribution in [0.15, 0.2) is 40.8 Å². The number of furan rings is 1. The van der Waals surface area contributed by atoms with Crippen molar-refractivity contribution in [1.82, 2.24) is 10.2 Å². The van der Waals surface area contributed by atoms with Crippen LogP contribution in [0.3, 0.4) is 0 Å². The summed E-state index contributed by atoms with van der Waals surface area (Å²) in [5.74, 6) is -0.708. The Bertz CT molecular complexity index is 1090. The molecule has 174 valence electrons. The van der Waals surface area contributed by atoms with Gasteiger partial charge >= 0.3 is 12.1 Å². The normalized spacial score (nSPS) is 14.4. The quantitative estimate of drug-likeness (QED) is 0.464. The first-order chi connectivity index (χ1) is 15.0. The second kappa shape index (κ2) is 9.50. The smallest absolute Gasteiger partial charge is 0.407 e. The first-order valence-corrected chi connectivity index (χ1v) is 10.5. The third-order valence-electron chi connectivity index (χ3n) is 5.28. The molecule has 5 nitrogen and oxygen atoms in total. The van der Waals surface area contributed by atoms with Crippen LogP contribution in [0.25, 0.3) is 21.9 Å². The summed E-state index contributed by atoms with van der Waals surface area (Å²) >= 11 is 0. The zero-order valence-corrected chi connectivity index (χ0v) is 18.9. The number of carbonyl (C=O) groups is 1. The van der Waals surface area contributed by atoms with Gasteiger partial charge in [-0.15, -0.1) is 0 Å². The zero-order chi connectivity index (χ0) is 23.6. The lowest BCUT2D eigenvalue weighted by atomic mass is 9.99. The average Bonchev–Trinajstić information content (AvgIpc) is 3.05. The topological polar surface area (TPSA) is 54.7 Å². The van der Waals surface area contributed by atoms with E-state index in [-0.39, 0.29) is 17.9 Å². The molecule has 3 aromatic rings. The summed E-state index contributed by atoms with van der Waals surface area (Å²) in [6.07, 6.45) is -4.39. The fourth-order valence-corrected chi connectivity index (χ4v) is 3.91. The number of hydrogen-bond acceptors (Lipinski definition) is 5. The number of ether oxygens (including phenoxy) is 1. The maximum Gasteiger partial charge on any atom is 0.407 e. The highest BCUT2D eigenvalue weighted by Gasteiger charge is 2.43. The number of nitrogens with zero attached hydrogens (tertiary/aromatic N) is 1. The molecular formula is C24H29F3N2O3. The number of nitrogens with one attached hydrogen (secondary N) is 1. The van der Waals surface area contributed by atoms with E-state index in [1.54, 1.807) is 6.07 Å². The van der Waals surface area contributed by atoms with Crippen molar-refractivity contribution < 1.29 is 27.1 Å². The van der Waals surface area contributed by atoms with E-state index in [1.165, 1.54) is 19.2 Å². The van der Waals surface area contributed by atoms with Gasteiger partial charge in [-0.2, -0.15) is 13.2 Å². The minimum atomic E-state index is -4.61. The first kappa shape index (κ1) is 24.1. The molecule has 1 N–H and O–H groups in total. The van der Waals surface area contributed by atoms with Crippen LogP contribution >= 0.6 is 0 Å². The molecule has 0 saturated heterocycles. The standard InChI is InChI=1S/C24H29F3N2O3/c1-14(2)10-19(23(30)31-5)28-22(24(25,26)27)16-7-8-17-18-11-15(13-29(3)4)6-9-20(18)32-21(17)12-16/h6-9,11-12,14,19,22,28H,10,13H2,1-5H3/t19-,22-/m0/s1. The number of benzene rings is 2. The van der Waals surface area contributed by atoms with Crippen molar-refractivity contribution in [3.05, 3.63) is 47.5 Å². The molecular weight excluding hydrogens is 421 g/mol. The van der Waals surface area contributed by atoms with E-state index in [1.807, 2.05) is 51.0 Å². The van der Waals surface area contributed by atoms with Crippen LogP contribution < -0.4 is 5.32 Å². The Morgan fingerprint density at radius 3 is 2.41 bits per heavy atom. The predicted molar refractivity (Wildman–Crippen MR) is 118 cm³/mol. The van der Waals surface area contributed by atoms with Crippen LogP contribution in [0.4, 0.5) is 13.2 Å². The maximum atomic E-state index is 14.0. The zero-order valence-electron chi connectivity index (χ0n) is 18.9. The lowest BCUT2D eigenvalue weighted by Gasteiger charge is -2.27. The molecule has 1 aromatic heterocycles. The van der Waals surface area contributed by atoms with Crippen LogP contribution in [0, 0.1) is 5.92 Å². The summed E-state index contributed by atoms with van der Waals surface area (Å²) < 4.78 is 52.6. The second-order valence-electron chi connectivity index (χ2n) is 8.77. The largest absolute Gasteiger partial charge is 0.468 e. The molecule has 0 unspecified atom stereocenters. The monoisotopic (exact) mass is 450 g/mol. The van der Waals surface area contributed by atoms with Gasteiger partial charge in [-0.1, -0.05) is 32.0 Å². The number of rotatable bonds is 8. The Kier molecular flexibility index (Phi) is 7.15. The molecule has 0 fully saturated rings. The Balaban J connectivity index is 2.01. The molecule has 0 aliphatic heterocycles. The van der Waals surface area contributed by atoms with Gasteiger partial charge in [0.25, 0.3) is 0 Å². The molecule has 2 aromatic carbocycles. The molecule has 0 amide bonds. The molecule has 0 bridgehead atoms. The van der Waals surface area contributed by atoms with Crippen molar-refractivity contribution in [2.45, 2.75) is 45.1 Å². The van der Waals surface area contributed by atoms with Gasteiger partial charge in [0.15, 0.2) is 0 Å². The number of hydrogen-bond donors (Lipinski definition) is 1. The third-order valence-corrected chi connectivity index (χ3v) is 5.28. The van der Waals surface area contributed by atoms with Gasteiger partial charge in [-0.25, -0.2) is 0 Å². The summed E-state index contributed by atoms with van der Waals surface area (Å²) in [6.45, 7) is 4.42.